The molecule has 0 aliphatic rings. The summed E-state index contributed by atoms with van der Waals surface area (Å²) in [4.78, 5) is 10.7. The fourth-order valence-corrected chi connectivity index (χ4v) is 9.63. The van der Waals surface area contributed by atoms with Gasteiger partial charge in [0.1, 0.15) is 11.2 Å². The molecule has 0 aliphatic heterocycles. The van der Waals surface area contributed by atoms with Crippen molar-refractivity contribution in [3.8, 4) is 45.0 Å². The van der Waals surface area contributed by atoms with E-state index in [2.05, 4.69) is 176 Å². The van der Waals surface area contributed by atoms with Crippen molar-refractivity contribution in [1.82, 2.24) is 9.97 Å². The smallest absolute Gasteiger partial charge is 0.160 e. The fraction of sp³-hybridized carbons (Fsp3) is 0. The van der Waals surface area contributed by atoms with Crippen LogP contribution in [0.5, 0.6) is 0 Å². The summed E-state index contributed by atoms with van der Waals surface area (Å²) in [7, 11) is 0. The molecule has 11 aromatic carbocycles. The number of benzene rings is 10. The molecule has 0 amide bonds. The van der Waals surface area contributed by atoms with Crippen LogP contribution in [-0.2, 0) is 0 Å². The quantitative estimate of drug-likeness (QED) is 0.168. The first-order chi connectivity index (χ1) is 29.2. The minimum absolute atomic E-state index is 0.672. The number of rotatable bonds is 4. The second-order valence-corrected chi connectivity index (χ2v) is 15.7. The highest BCUT2D eigenvalue weighted by Crippen LogP contribution is 2.45. The highest BCUT2D eigenvalue weighted by molar-refractivity contribution is 6.37. The Labute approximate surface area is 338 Å². The number of nitrogens with zero attached hydrogens (tertiary/aromatic N) is 2. The van der Waals surface area contributed by atoms with Gasteiger partial charge in [0, 0.05) is 27.5 Å². The van der Waals surface area contributed by atoms with Gasteiger partial charge in [-0.25, -0.2) is 9.97 Å². The summed E-state index contributed by atoms with van der Waals surface area (Å²) in [5, 5.41) is 17.2. The van der Waals surface area contributed by atoms with E-state index >= 15 is 0 Å². The van der Waals surface area contributed by atoms with Crippen molar-refractivity contribution in [2.24, 2.45) is 0 Å². The Morgan fingerprint density at radius 3 is 1.47 bits per heavy atom. The molecule has 0 spiro atoms. The van der Waals surface area contributed by atoms with Gasteiger partial charge >= 0.3 is 0 Å². The van der Waals surface area contributed by atoms with Crippen molar-refractivity contribution in [1.29, 1.82) is 0 Å². The maximum absolute atomic E-state index is 6.37. The molecule has 0 N–H and O–H groups in total. The summed E-state index contributed by atoms with van der Waals surface area (Å²) in [5.41, 5.74) is 8.71. The van der Waals surface area contributed by atoms with Crippen LogP contribution in [0.3, 0.4) is 0 Å². The first kappa shape index (κ1) is 32.2. The maximum Gasteiger partial charge on any atom is 0.160 e. The van der Waals surface area contributed by atoms with Crippen molar-refractivity contribution >= 4 is 86.6 Å². The molecular formula is C56H32N2O. The molecule has 0 unspecified atom stereocenters. The zero-order valence-electron chi connectivity index (χ0n) is 31.8. The summed E-state index contributed by atoms with van der Waals surface area (Å²) in [5.74, 6) is 0.672. The third kappa shape index (κ3) is 4.89. The van der Waals surface area contributed by atoms with Crippen molar-refractivity contribution < 1.29 is 4.42 Å². The Balaban J connectivity index is 1.10. The molecule has 3 nitrogen and oxygen atoms in total. The van der Waals surface area contributed by atoms with E-state index in [1.807, 2.05) is 18.2 Å². The Kier molecular flexibility index (Phi) is 6.72. The highest BCUT2D eigenvalue weighted by Gasteiger charge is 2.19. The van der Waals surface area contributed by atoms with Gasteiger partial charge in [-0.15, -0.1) is 0 Å². The standard InChI is InChI=1S/C56H32N2O/c1-2-9-33(10-3-1)34-19-24-38(25-20-34)56-57-48(39-27-28-43-42-14-4-5-18-50(42)59-51(43)31-39)32-49(58-56)41-29-40-26-23-37-12-7-16-45-44-15-6-11-35-21-22-36-13-8-17-46(54(36)52(35)44)47(30-41)55(40)53(37)45/h1-32H. The van der Waals surface area contributed by atoms with Crippen molar-refractivity contribution in [2.45, 2.75) is 0 Å². The molecule has 13 rings (SSSR count). The number of fused-ring (bicyclic) bond motifs is 5. The fourth-order valence-electron chi connectivity index (χ4n) is 9.63. The van der Waals surface area contributed by atoms with Gasteiger partial charge in [-0.2, -0.15) is 0 Å². The van der Waals surface area contributed by atoms with E-state index < -0.39 is 0 Å². The van der Waals surface area contributed by atoms with Gasteiger partial charge in [0.2, 0.25) is 0 Å². The lowest BCUT2D eigenvalue weighted by Gasteiger charge is -2.17. The van der Waals surface area contributed by atoms with E-state index in [4.69, 9.17) is 14.4 Å². The second kappa shape index (κ2) is 12.3. The molecule has 0 saturated heterocycles. The summed E-state index contributed by atoms with van der Waals surface area (Å²) in [6, 6.07) is 69.9. The molecule has 0 radical (unpaired) electrons. The lowest BCUT2D eigenvalue weighted by atomic mass is 9.87. The summed E-state index contributed by atoms with van der Waals surface area (Å²) < 4.78 is 6.37. The zero-order chi connectivity index (χ0) is 38.6. The molecular weight excluding hydrogens is 717 g/mol. The van der Waals surface area contributed by atoms with Gasteiger partial charge < -0.3 is 4.42 Å². The van der Waals surface area contributed by atoms with Gasteiger partial charge in [-0.05, 0) is 112 Å². The van der Waals surface area contributed by atoms with E-state index in [1.165, 1.54) is 70.2 Å². The lowest BCUT2D eigenvalue weighted by Crippen LogP contribution is -1.96. The summed E-state index contributed by atoms with van der Waals surface area (Å²) >= 11 is 0. The summed E-state index contributed by atoms with van der Waals surface area (Å²) in [6.45, 7) is 0. The summed E-state index contributed by atoms with van der Waals surface area (Å²) in [6.07, 6.45) is 0. The zero-order valence-corrected chi connectivity index (χ0v) is 31.8. The van der Waals surface area contributed by atoms with E-state index in [0.29, 0.717) is 5.82 Å². The molecule has 3 heteroatoms. The predicted molar refractivity (Wildman–Crippen MR) is 247 cm³/mol. The number of aromatic nitrogens is 2. The molecule has 272 valence electrons. The van der Waals surface area contributed by atoms with Crippen molar-refractivity contribution in [3.05, 3.63) is 194 Å². The number of hydrogen-bond acceptors (Lipinski definition) is 3. The van der Waals surface area contributed by atoms with E-state index in [-0.39, 0.29) is 0 Å². The average Bonchev–Trinajstić information content (AvgIpc) is 3.68. The largest absolute Gasteiger partial charge is 0.456 e. The first-order valence-electron chi connectivity index (χ1n) is 20.1. The van der Waals surface area contributed by atoms with Crippen LogP contribution in [0.15, 0.2) is 199 Å². The third-order valence-corrected chi connectivity index (χ3v) is 12.4. The number of hydrogen-bond donors (Lipinski definition) is 0. The van der Waals surface area contributed by atoms with Gasteiger partial charge in [-0.3, -0.25) is 0 Å². The Hall–Kier alpha value is -7.88. The third-order valence-electron chi connectivity index (χ3n) is 12.4. The average molecular weight is 749 g/mol. The molecule has 2 aromatic heterocycles. The Morgan fingerprint density at radius 2 is 0.780 bits per heavy atom. The van der Waals surface area contributed by atoms with E-state index in [9.17, 15) is 0 Å². The lowest BCUT2D eigenvalue weighted by molar-refractivity contribution is 0.669. The molecule has 0 saturated carbocycles. The SMILES string of the molecule is c1ccc(-c2ccc(-c3nc(-c4ccc5c(c4)oc4ccccc45)cc(-c4cc5ccc6cccc7c8cccc9ccc%10cccc(c(c4)c5c67)c%10c98)n3)cc2)cc1. The van der Waals surface area contributed by atoms with Crippen LogP contribution in [0, 0.1) is 0 Å². The normalized spacial score (nSPS) is 12.1. The Bertz CT molecular complexity index is 3820. The van der Waals surface area contributed by atoms with Gasteiger partial charge in [0.05, 0.1) is 11.4 Å². The number of furan rings is 1. The van der Waals surface area contributed by atoms with Gasteiger partial charge in [0.15, 0.2) is 5.82 Å². The molecule has 13 aromatic rings. The first-order valence-corrected chi connectivity index (χ1v) is 20.1. The van der Waals surface area contributed by atoms with Gasteiger partial charge in [0.25, 0.3) is 0 Å². The molecule has 59 heavy (non-hydrogen) atoms. The van der Waals surface area contributed by atoms with E-state index in [0.717, 1.165) is 55.6 Å². The molecule has 0 bridgehead atoms. The number of para-hydroxylation sites is 1. The van der Waals surface area contributed by atoms with Gasteiger partial charge in [-0.1, -0.05) is 158 Å². The van der Waals surface area contributed by atoms with Crippen molar-refractivity contribution in [3.63, 3.8) is 0 Å². The van der Waals surface area contributed by atoms with Crippen LogP contribution < -0.4 is 0 Å². The predicted octanol–water partition coefficient (Wildman–Crippen LogP) is 15.4. The maximum atomic E-state index is 6.37. The minimum atomic E-state index is 0.672. The molecule has 2 heterocycles. The topological polar surface area (TPSA) is 38.9 Å². The minimum Gasteiger partial charge on any atom is -0.456 e. The molecule has 0 aliphatic carbocycles. The Morgan fingerprint density at radius 1 is 0.271 bits per heavy atom. The van der Waals surface area contributed by atoms with Crippen LogP contribution in [0.2, 0.25) is 0 Å². The van der Waals surface area contributed by atoms with E-state index in [1.54, 1.807) is 0 Å². The van der Waals surface area contributed by atoms with Crippen LogP contribution in [0.4, 0.5) is 0 Å². The van der Waals surface area contributed by atoms with Crippen LogP contribution in [0.25, 0.3) is 132 Å². The van der Waals surface area contributed by atoms with Crippen LogP contribution in [-0.4, -0.2) is 9.97 Å². The van der Waals surface area contributed by atoms with Crippen molar-refractivity contribution in [2.75, 3.05) is 0 Å². The molecule has 0 fully saturated rings. The van der Waals surface area contributed by atoms with Crippen LogP contribution in [0.1, 0.15) is 0 Å². The highest BCUT2D eigenvalue weighted by atomic mass is 16.3. The monoisotopic (exact) mass is 748 g/mol. The van der Waals surface area contributed by atoms with Crippen LogP contribution >= 0.6 is 0 Å². The second-order valence-electron chi connectivity index (χ2n) is 15.7. The molecule has 0 atom stereocenters.